The second kappa shape index (κ2) is 4.37. The molecule has 1 unspecified atom stereocenters. The van der Waals surface area contributed by atoms with Crippen molar-refractivity contribution in [3.63, 3.8) is 0 Å². The lowest BCUT2D eigenvalue weighted by Gasteiger charge is -2.15. The van der Waals surface area contributed by atoms with Crippen molar-refractivity contribution in [3.05, 3.63) is 40.6 Å². The van der Waals surface area contributed by atoms with E-state index < -0.39 is 0 Å². The molecule has 0 aromatic carbocycles. The van der Waals surface area contributed by atoms with E-state index in [1.165, 1.54) is 11.1 Å². The molecule has 0 amide bonds. The van der Waals surface area contributed by atoms with Crippen LogP contribution in [0.4, 0.5) is 0 Å². The highest BCUT2D eigenvalue weighted by molar-refractivity contribution is 5.39. The summed E-state index contributed by atoms with van der Waals surface area (Å²) in [7, 11) is 3.88. The molecule has 0 aliphatic rings. The predicted molar refractivity (Wildman–Crippen MR) is 67.0 cm³/mol. The van der Waals surface area contributed by atoms with Crippen LogP contribution in [0.5, 0.6) is 0 Å². The van der Waals surface area contributed by atoms with E-state index in [4.69, 9.17) is 4.42 Å². The molecule has 0 bridgehead atoms. The van der Waals surface area contributed by atoms with Crippen LogP contribution < -0.4 is 5.32 Å². The topological polar surface area (TPSA) is 43.0 Å². The summed E-state index contributed by atoms with van der Waals surface area (Å²) in [6.07, 6.45) is 3.92. The van der Waals surface area contributed by atoms with Gasteiger partial charge in [0, 0.05) is 24.4 Å². The summed E-state index contributed by atoms with van der Waals surface area (Å²) >= 11 is 0. The minimum Gasteiger partial charge on any atom is -0.466 e. The van der Waals surface area contributed by atoms with E-state index >= 15 is 0 Å². The van der Waals surface area contributed by atoms with Gasteiger partial charge in [0.15, 0.2) is 0 Å². The molecular formula is C13H19N3O. The van der Waals surface area contributed by atoms with Crippen molar-refractivity contribution in [2.75, 3.05) is 7.05 Å². The van der Waals surface area contributed by atoms with Crippen LogP contribution >= 0.6 is 0 Å². The first-order valence-electron chi connectivity index (χ1n) is 5.77. The van der Waals surface area contributed by atoms with Crippen LogP contribution in [0.15, 0.2) is 16.8 Å². The standard InChI is InChI=1S/C13H19N3O/c1-8-9(2)17-10(3)12(8)13(14-4)11-6-15-16(5)7-11/h6-7,13-14H,1-5H3. The fraction of sp³-hybridized carbons (Fsp3) is 0.462. The van der Waals surface area contributed by atoms with Gasteiger partial charge in [-0.3, -0.25) is 4.68 Å². The van der Waals surface area contributed by atoms with Gasteiger partial charge < -0.3 is 9.73 Å². The van der Waals surface area contributed by atoms with Gasteiger partial charge in [0.25, 0.3) is 0 Å². The number of rotatable bonds is 3. The SMILES string of the molecule is CNC(c1cnn(C)c1)c1c(C)oc(C)c1C. The van der Waals surface area contributed by atoms with Gasteiger partial charge in [0.2, 0.25) is 0 Å². The Bertz CT molecular complexity index is 525. The molecule has 0 fully saturated rings. The Balaban J connectivity index is 2.49. The molecule has 2 rings (SSSR count). The van der Waals surface area contributed by atoms with Gasteiger partial charge in [-0.15, -0.1) is 0 Å². The molecule has 0 saturated heterocycles. The molecule has 0 radical (unpaired) electrons. The minimum atomic E-state index is 0.140. The third-order valence-corrected chi connectivity index (χ3v) is 3.25. The van der Waals surface area contributed by atoms with E-state index in [9.17, 15) is 0 Å². The van der Waals surface area contributed by atoms with Crippen LogP contribution in [0.3, 0.4) is 0 Å². The number of aryl methyl sites for hydroxylation is 3. The summed E-state index contributed by atoms with van der Waals surface area (Å²) in [5.74, 6) is 1.96. The quantitative estimate of drug-likeness (QED) is 0.884. The van der Waals surface area contributed by atoms with E-state index in [-0.39, 0.29) is 6.04 Å². The second-order valence-electron chi connectivity index (χ2n) is 4.42. The number of aromatic nitrogens is 2. The molecule has 0 aliphatic carbocycles. The highest BCUT2D eigenvalue weighted by Gasteiger charge is 2.22. The summed E-state index contributed by atoms with van der Waals surface area (Å²) in [5, 5.41) is 7.55. The highest BCUT2D eigenvalue weighted by atomic mass is 16.3. The molecule has 0 spiro atoms. The number of nitrogens with one attached hydrogen (secondary N) is 1. The maximum absolute atomic E-state index is 5.69. The van der Waals surface area contributed by atoms with Gasteiger partial charge in [-0.25, -0.2) is 0 Å². The Labute approximate surface area is 102 Å². The molecular weight excluding hydrogens is 214 g/mol. The van der Waals surface area contributed by atoms with E-state index in [0.29, 0.717) is 0 Å². The Morgan fingerprint density at radius 3 is 2.41 bits per heavy atom. The van der Waals surface area contributed by atoms with E-state index in [0.717, 1.165) is 17.1 Å². The molecule has 92 valence electrons. The first-order valence-corrected chi connectivity index (χ1v) is 5.77. The van der Waals surface area contributed by atoms with Crippen molar-refractivity contribution in [3.8, 4) is 0 Å². The van der Waals surface area contributed by atoms with Crippen molar-refractivity contribution >= 4 is 0 Å². The summed E-state index contributed by atoms with van der Waals surface area (Å²) in [4.78, 5) is 0. The van der Waals surface area contributed by atoms with Crippen molar-refractivity contribution in [2.45, 2.75) is 26.8 Å². The van der Waals surface area contributed by atoms with Crippen LogP contribution in [0.1, 0.15) is 34.3 Å². The minimum absolute atomic E-state index is 0.140. The van der Waals surface area contributed by atoms with E-state index in [1.54, 1.807) is 0 Å². The monoisotopic (exact) mass is 233 g/mol. The van der Waals surface area contributed by atoms with Gasteiger partial charge >= 0.3 is 0 Å². The van der Waals surface area contributed by atoms with Gasteiger partial charge in [-0.2, -0.15) is 5.10 Å². The maximum Gasteiger partial charge on any atom is 0.106 e. The van der Waals surface area contributed by atoms with E-state index in [2.05, 4.69) is 17.3 Å². The maximum atomic E-state index is 5.69. The molecule has 0 aliphatic heterocycles. The number of hydrogen-bond acceptors (Lipinski definition) is 3. The van der Waals surface area contributed by atoms with Gasteiger partial charge in [0.05, 0.1) is 12.2 Å². The van der Waals surface area contributed by atoms with Crippen molar-refractivity contribution in [1.29, 1.82) is 0 Å². The number of furan rings is 1. The average molecular weight is 233 g/mol. The average Bonchev–Trinajstić information content (AvgIpc) is 2.79. The zero-order valence-electron chi connectivity index (χ0n) is 11.0. The lowest BCUT2D eigenvalue weighted by atomic mass is 9.98. The molecule has 2 aromatic heterocycles. The van der Waals surface area contributed by atoms with Crippen LogP contribution in [0, 0.1) is 20.8 Å². The molecule has 2 aromatic rings. The first-order chi connectivity index (χ1) is 8.04. The smallest absolute Gasteiger partial charge is 0.106 e. The van der Waals surface area contributed by atoms with Crippen molar-refractivity contribution in [1.82, 2.24) is 15.1 Å². The third kappa shape index (κ3) is 2.00. The largest absolute Gasteiger partial charge is 0.466 e. The fourth-order valence-corrected chi connectivity index (χ4v) is 2.30. The molecule has 0 saturated carbocycles. The normalized spacial score (nSPS) is 13.0. The Kier molecular flexibility index (Phi) is 3.07. The van der Waals surface area contributed by atoms with E-state index in [1.807, 2.05) is 45.0 Å². The predicted octanol–water partition coefficient (Wildman–Crippen LogP) is 2.25. The van der Waals surface area contributed by atoms with Crippen molar-refractivity contribution in [2.24, 2.45) is 7.05 Å². The number of hydrogen-bond donors (Lipinski definition) is 1. The van der Waals surface area contributed by atoms with Crippen LogP contribution in [-0.4, -0.2) is 16.8 Å². The Morgan fingerprint density at radius 2 is 2.00 bits per heavy atom. The second-order valence-corrected chi connectivity index (χ2v) is 4.42. The van der Waals surface area contributed by atoms with Crippen LogP contribution in [0.2, 0.25) is 0 Å². The van der Waals surface area contributed by atoms with Crippen LogP contribution in [0.25, 0.3) is 0 Å². The molecule has 2 heterocycles. The van der Waals surface area contributed by atoms with Gasteiger partial charge in [-0.1, -0.05) is 0 Å². The third-order valence-electron chi connectivity index (χ3n) is 3.25. The molecule has 17 heavy (non-hydrogen) atoms. The molecule has 1 N–H and O–H groups in total. The fourth-order valence-electron chi connectivity index (χ4n) is 2.30. The Morgan fingerprint density at radius 1 is 1.29 bits per heavy atom. The molecule has 1 atom stereocenters. The highest BCUT2D eigenvalue weighted by Crippen LogP contribution is 2.30. The summed E-state index contributed by atoms with van der Waals surface area (Å²) in [6.45, 7) is 6.11. The van der Waals surface area contributed by atoms with Crippen LogP contribution in [-0.2, 0) is 7.05 Å². The molecule has 4 heteroatoms. The van der Waals surface area contributed by atoms with Gasteiger partial charge in [-0.05, 0) is 33.4 Å². The lowest BCUT2D eigenvalue weighted by molar-refractivity contribution is 0.495. The molecule has 4 nitrogen and oxygen atoms in total. The zero-order valence-corrected chi connectivity index (χ0v) is 11.0. The lowest BCUT2D eigenvalue weighted by Crippen LogP contribution is -2.18. The first kappa shape index (κ1) is 11.9. The Hall–Kier alpha value is -1.55. The summed E-state index contributed by atoms with van der Waals surface area (Å²) in [6, 6.07) is 0.140. The summed E-state index contributed by atoms with van der Waals surface area (Å²) in [5.41, 5.74) is 3.59. The zero-order chi connectivity index (χ0) is 12.6. The summed E-state index contributed by atoms with van der Waals surface area (Å²) < 4.78 is 7.51. The van der Waals surface area contributed by atoms with Gasteiger partial charge in [0.1, 0.15) is 11.5 Å². The van der Waals surface area contributed by atoms with Crippen molar-refractivity contribution < 1.29 is 4.42 Å². The number of nitrogens with zero attached hydrogens (tertiary/aromatic N) is 2.